The summed E-state index contributed by atoms with van der Waals surface area (Å²) in [4.78, 5) is 4.68. The van der Waals surface area contributed by atoms with Crippen molar-refractivity contribution in [2.45, 2.75) is 19.8 Å². The summed E-state index contributed by atoms with van der Waals surface area (Å²) in [5.74, 6) is 1.35. The Bertz CT molecular complexity index is 750. The second kappa shape index (κ2) is 5.74. The van der Waals surface area contributed by atoms with Crippen molar-refractivity contribution in [3.05, 3.63) is 48.0 Å². The summed E-state index contributed by atoms with van der Waals surface area (Å²) in [5.41, 5.74) is 3.26. The van der Waals surface area contributed by atoms with Gasteiger partial charge in [0.25, 0.3) is 0 Å². The van der Waals surface area contributed by atoms with Crippen molar-refractivity contribution in [3.63, 3.8) is 0 Å². The minimum atomic E-state index is 0.414. The standard InChI is InChI=1S/C17H18N2OS/c1-11(2)13-9-14-16(10-15(13)20-3)21-17(19-14)18-12-7-5-4-6-8-12/h4-11H,1-3H3,(H,18,19). The molecule has 0 saturated heterocycles. The fourth-order valence-corrected chi connectivity index (χ4v) is 3.19. The van der Waals surface area contributed by atoms with E-state index < -0.39 is 0 Å². The van der Waals surface area contributed by atoms with Crippen LogP contribution in [0.5, 0.6) is 5.75 Å². The van der Waals surface area contributed by atoms with Crippen LogP contribution in [0.25, 0.3) is 10.2 Å². The zero-order valence-corrected chi connectivity index (χ0v) is 13.2. The highest BCUT2D eigenvalue weighted by Crippen LogP contribution is 2.35. The van der Waals surface area contributed by atoms with E-state index in [2.05, 4.69) is 36.3 Å². The molecule has 0 aliphatic rings. The Morgan fingerprint density at radius 1 is 1.14 bits per heavy atom. The fourth-order valence-electron chi connectivity index (χ4n) is 2.30. The Labute approximate surface area is 128 Å². The fraction of sp³-hybridized carbons (Fsp3) is 0.235. The zero-order valence-electron chi connectivity index (χ0n) is 12.4. The molecule has 0 saturated carbocycles. The Morgan fingerprint density at radius 3 is 2.57 bits per heavy atom. The van der Waals surface area contributed by atoms with Gasteiger partial charge in [0, 0.05) is 5.69 Å². The largest absolute Gasteiger partial charge is 0.496 e. The molecule has 1 heterocycles. The van der Waals surface area contributed by atoms with E-state index in [1.807, 2.05) is 30.3 Å². The van der Waals surface area contributed by atoms with Gasteiger partial charge in [0.2, 0.25) is 0 Å². The third kappa shape index (κ3) is 2.85. The highest BCUT2D eigenvalue weighted by Gasteiger charge is 2.12. The molecule has 2 aromatic carbocycles. The van der Waals surface area contributed by atoms with Gasteiger partial charge in [0.05, 0.1) is 17.3 Å². The first-order chi connectivity index (χ1) is 10.2. The van der Waals surface area contributed by atoms with Gasteiger partial charge in [0.15, 0.2) is 5.13 Å². The molecule has 3 nitrogen and oxygen atoms in total. The van der Waals surface area contributed by atoms with Gasteiger partial charge < -0.3 is 10.1 Å². The van der Waals surface area contributed by atoms with Crippen LogP contribution in [0.2, 0.25) is 0 Å². The number of aromatic nitrogens is 1. The molecule has 0 unspecified atom stereocenters. The smallest absolute Gasteiger partial charge is 0.188 e. The number of nitrogens with one attached hydrogen (secondary N) is 1. The summed E-state index contributed by atoms with van der Waals surface area (Å²) in [7, 11) is 1.72. The number of thiazole rings is 1. The Kier molecular flexibility index (Phi) is 3.80. The van der Waals surface area contributed by atoms with Crippen LogP contribution in [0, 0.1) is 0 Å². The number of para-hydroxylation sites is 1. The van der Waals surface area contributed by atoms with Crippen LogP contribution in [0.3, 0.4) is 0 Å². The summed E-state index contributed by atoms with van der Waals surface area (Å²) in [5, 5.41) is 4.25. The quantitative estimate of drug-likeness (QED) is 0.721. The molecule has 0 atom stereocenters. The second-order valence-corrected chi connectivity index (χ2v) is 6.26. The normalized spacial score (nSPS) is 11.0. The van der Waals surface area contributed by atoms with Crippen LogP contribution >= 0.6 is 11.3 Å². The van der Waals surface area contributed by atoms with Gasteiger partial charge >= 0.3 is 0 Å². The van der Waals surface area contributed by atoms with Crippen molar-refractivity contribution in [2.24, 2.45) is 0 Å². The van der Waals surface area contributed by atoms with E-state index in [-0.39, 0.29) is 0 Å². The van der Waals surface area contributed by atoms with Crippen molar-refractivity contribution in [3.8, 4) is 5.75 Å². The molecule has 0 fully saturated rings. The van der Waals surface area contributed by atoms with E-state index in [0.29, 0.717) is 5.92 Å². The molecule has 0 amide bonds. The number of methoxy groups -OCH3 is 1. The number of benzene rings is 2. The molecule has 1 aromatic heterocycles. The molecular formula is C17H18N2OS. The molecule has 1 N–H and O–H groups in total. The highest BCUT2D eigenvalue weighted by molar-refractivity contribution is 7.22. The molecule has 0 aliphatic carbocycles. The number of anilines is 2. The lowest BCUT2D eigenvalue weighted by atomic mass is 10.0. The van der Waals surface area contributed by atoms with Crippen molar-refractivity contribution in [2.75, 3.05) is 12.4 Å². The minimum Gasteiger partial charge on any atom is -0.496 e. The van der Waals surface area contributed by atoms with Gasteiger partial charge in [-0.1, -0.05) is 43.4 Å². The van der Waals surface area contributed by atoms with Crippen molar-refractivity contribution in [1.29, 1.82) is 0 Å². The van der Waals surface area contributed by atoms with E-state index in [1.54, 1.807) is 18.4 Å². The van der Waals surface area contributed by atoms with Gasteiger partial charge in [-0.25, -0.2) is 4.98 Å². The van der Waals surface area contributed by atoms with E-state index in [1.165, 1.54) is 5.56 Å². The van der Waals surface area contributed by atoms with Gasteiger partial charge in [-0.05, 0) is 35.7 Å². The monoisotopic (exact) mass is 298 g/mol. The first-order valence-corrected chi connectivity index (χ1v) is 7.79. The number of rotatable bonds is 4. The van der Waals surface area contributed by atoms with Crippen LogP contribution in [0.15, 0.2) is 42.5 Å². The van der Waals surface area contributed by atoms with Gasteiger partial charge in [-0.15, -0.1) is 0 Å². The molecule has 21 heavy (non-hydrogen) atoms. The molecule has 0 bridgehead atoms. The number of fused-ring (bicyclic) bond motifs is 1. The SMILES string of the molecule is COc1cc2sc(Nc3ccccc3)nc2cc1C(C)C. The first-order valence-electron chi connectivity index (χ1n) is 6.98. The Morgan fingerprint density at radius 2 is 1.90 bits per heavy atom. The molecule has 0 spiro atoms. The van der Waals surface area contributed by atoms with Crippen molar-refractivity contribution >= 4 is 32.4 Å². The van der Waals surface area contributed by atoms with E-state index in [9.17, 15) is 0 Å². The lowest BCUT2D eigenvalue weighted by molar-refractivity contribution is 0.408. The third-order valence-electron chi connectivity index (χ3n) is 3.39. The van der Waals surface area contributed by atoms with Crippen LogP contribution < -0.4 is 10.1 Å². The summed E-state index contributed by atoms with van der Waals surface area (Å²) < 4.78 is 6.63. The van der Waals surface area contributed by atoms with Crippen LogP contribution in [-0.4, -0.2) is 12.1 Å². The van der Waals surface area contributed by atoms with E-state index in [0.717, 1.165) is 26.8 Å². The van der Waals surface area contributed by atoms with E-state index >= 15 is 0 Å². The molecule has 0 radical (unpaired) electrons. The maximum Gasteiger partial charge on any atom is 0.188 e. The van der Waals surface area contributed by atoms with Gasteiger partial charge in [-0.2, -0.15) is 0 Å². The van der Waals surface area contributed by atoms with Gasteiger partial charge in [0.1, 0.15) is 5.75 Å². The van der Waals surface area contributed by atoms with Crippen LogP contribution in [-0.2, 0) is 0 Å². The lowest BCUT2D eigenvalue weighted by Crippen LogP contribution is -1.94. The summed E-state index contributed by atoms with van der Waals surface area (Å²) >= 11 is 1.64. The van der Waals surface area contributed by atoms with Crippen LogP contribution in [0.4, 0.5) is 10.8 Å². The average molecular weight is 298 g/mol. The number of nitrogens with zero attached hydrogens (tertiary/aromatic N) is 1. The van der Waals surface area contributed by atoms with Gasteiger partial charge in [-0.3, -0.25) is 0 Å². The summed E-state index contributed by atoms with van der Waals surface area (Å²) in [6.07, 6.45) is 0. The first kappa shape index (κ1) is 13.9. The highest BCUT2D eigenvalue weighted by atomic mass is 32.1. The van der Waals surface area contributed by atoms with Crippen LogP contribution in [0.1, 0.15) is 25.3 Å². The van der Waals surface area contributed by atoms with E-state index in [4.69, 9.17) is 4.74 Å². The molecule has 4 heteroatoms. The minimum absolute atomic E-state index is 0.414. The maximum absolute atomic E-state index is 5.50. The molecular weight excluding hydrogens is 280 g/mol. The average Bonchev–Trinajstić information content (AvgIpc) is 2.87. The number of ether oxygens (including phenoxy) is 1. The summed E-state index contributed by atoms with van der Waals surface area (Å²) in [6.45, 7) is 4.33. The topological polar surface area (TPSA) is 34.1 Å². The lowest BCUT2D eigenvalue weighted by Gasteiger charge is -2.11. The number of hydrogen-bond acceptors (Lipinski definition) is 4. The predicted molar refractivity (Wildman–Crippen MR) is 90.0 cm³/mol. The Hall–Kier alpha value is -2.07. The molecule has 3 aromatic rings. The predicted octanol–water partition coefficient (Wildman–Crippen LogP) is 5.17. The Balaban J connectivity index is 2.00. The molecule has 108 valence electrons. The maximum atomic E-state index is 5.50. The third-order valence-corrected chi connectivity index (χ3v) is 4.32. The number of hydrogen-bond donors (Lipinski definition) is 1. The van der Waals surface area contributed by atoms with Crippen molar-refractivity contribution < 1.29 is 4.74 Å². The van der Waals surface area contributed by atoms with Crippen molar-refractivity contribution in [1.82, 2.24) is 4.98 Å². The molecule has 0 aliphatic heterocycles. The second-order valence-electron chi connectivity index (χ2n) is 5.23. The summed E-state index contributed by atoms with van der Waals surface area (Å²) in [6, 6.07) is 14.3. The zero-order chi connectivity index (χ0) is 14.8. The molecule has 3 rings (SSSR count).